The van der Waals surface area contributed by atoms with Gasteiger partial charge >= 0.3 is 0 Å². The molecule has 1 saturated heterocycles. The van der Waals surface area contributed by atoms with Gasteiger partial charge in [0, 0.05) is 12.0 Å². The number of hydrogen-bond acceptors (Lipinski definition) is 2. The molecule has 1 aliphatic heterocycles. The van der Waals surface area contributed by atoms with E-state index < -0.39 is 0 Å². The van der Waals surface area contributed by atoms with Crippen molar-refractivity contribution in [3.8, 4) is 0 Å². The number of carbonyl (C=O) groups is 1. The maximum absolute atomic E-state index is 11.3. The fourth-order valence-corrected chi connectivity index (χ4v) is 1.90. The number of thiol groups is 1. The number of nitrogens with one attached hydrogen (secondary N) is 1. The fourth-order valence-electron chi connectivity index (χ4n) is 1.90. The zero-order valence-corrected chi connectivity index (χ0v) is 10.2. The summed E-state index contributed by atoms with van der Waals surface area (Å²) in [6, 6.07) is 0. The molecule has 2 nitrogen and oxygen atoms in total. The van der Waals surface area contributed by atoms with Crippen LogP contribution in [-0.4, -0.2) is 18.7 Å². The molecule has 1 rings (SSSR count). The van der Waals surface area contributed by atoms with Gasteiger partial charge in [0.05, 0.1) is 0 Å². The summed E-state index contributed by atoms with van der Waals surface area (Å²) in [5.74, 6) is 0.192. The molecular formula is C10H21NOS. The first kappa shape index (κ1) is 12.8. The maximum Gasteiger partial charge on any atom is 0.225 e. The van der Waals surface area contributed by atoms with Crippen LogP contribution < -0.4 is 5.32 Å². The van der Waals surface area contributed by atoms with E-state index in [1.54, 1.807) is 6.26 Å². The third kappa shape index (κ3) is 3.59. The van der Waals surface area contributed by atoms with Crippen molar-refractivity contribution in [1.29, 1.82) is 0 Å². The molecule has 1 amide bonds. The average Bonchev–Trinajstić information content (AvgIpc) is 2.00. The van der Waals surface area contributed by atoms with E-state index in [9.17, 15) is 4.79 Å². The molecule has 0 atom stereocenters. The van der Waals surface area contributed by atoms with E-state index in [0.29, 0.717) is 0 Å². The molecule has 1 aliphatic rings. The zero-order chi connectivity index (χ0) is 10.7. The van der Waals surface area contributed by atoms with E-state index in [1.807, 2.05) is 13.8 Å². The van der Waals surface area contributed by atoms with E-state index >= 15 is 0 Å². The highest BCUT2D eigenvalue weighted by Gasteiger charge is 2.39. The molecular weight excluding hydrogens is 182 g/mol. The molecule has 1 N–H and O–H groups in total. The number of amides is 1. The second kappa shape index (κ2) is 4.36. The van der Waals surface area contributed by atoms with E-state index in [4.69, 9.17) is 0 Å². The minimum absolute atomic E-state index is 0.179. The summed E-state index contributed by atoms with van der Waals surface area (Å²) in [6.45, 7) is 9.20. The SMILES string of the molecule is CC1(C)CNC(=O)C(C)(C)C1.CS. The van der Waals surface area contributed by atoms with Crippen LogP contribution in [0.4, 0.5) is 0 Å². The smallest absolute Gasteiger partial charge is 0.225 e. The Morgan fingerprint density at radius 2 is 1.69 bits per heavy atom. The highest BCUT2D eigenvalue weighted by molar-refractivity contribution is 7.79. The maximum atomic E-state index is 11.3. The van der Waals surface area contributed by atoms with Crippen LogP contribution in [0.25, 0.3) is 0 Å². The molecule has 1 fully saturated rings. The lowest BCUT2D eigenvalue weighted by atomic mass is 9.71. The van der Waals surface area contributed by atoms with Crippen molar-refractivity contribution < 1.29 is 4.79 Å². The van der Waals surface area contributed by atoms with Gasteiger partial charge in [0.25, 0.3) is 0 Å². The lowest BCUT2D eigenvalue weighted by molar-refractivity contribution is -0.134. The van der Waals surface area contributed by atoms with Crippen LogP contribution in [0.1, 0.15) is 34.1 Å². The molecule has 0 saturated carbocycles. The molecule has 0 aromatic carbocycles. The quantitative estimate of drug-likeness (QED) is 0.580. The average molecular weight is 203 g/mol. The first-order valence-corrected chi connectivity index (χ1v) is 5.46. The first-order valence-electron chi connectivity index (χ1n) is 4.57. The first-order chi connectivity index (χ1) is 5.83. The molecule has 0 radical (unpaired) electrons. The van der Waals surface area contributed by atoms with Crippen LogP contribution in [-0.2, 0) is 4.79 Å². The second-order valence-electron chi connectivity index (χ2n) is 4.91. The Bertz CT molecular complexity index is 187. The van der Waals surface area contributed by atoms with Crippen molar-refractivity contribution in [3.05, 3.63) is 0 Å². The Morgan fingerprint density at radius 1 is 1.23 bits per heavy atom. The van der Waals surface area contributed by atoms with Crippen LogP contribution in [0.3, 0.4) is 0 Å². The summed E-state index contributed by atoms with van der Waals surface area (Å²) in [5.41, 5.74) is 0.0825. The van der Waals surface area contributed by atoms with E-state index in [0.717, 1.165) is 13.0 Å². The Kier molecular flexibility index (Phi) is 4.30. The number of hydrogen-bond donors (Lipinski definition) is 2. The standard InChI is InChI=1S/C9H17NO.CH4S/c1-8(2)5-9(3,4)7(11)10-6-8;1-2/h5-6H2,1-4H3,(H,10,11);2H,1H3. The van der Waals surface area contributed by atoms with E-state index in [2.05, 4.69) is 31.8 Å². The van der Waals surface area contributed by atoms with Gasteiger partial charge in [0.1, 0.15) is 0 Å². The van der Waals surface area contributed by atoms with Crippen LogP contribution in [0, 0.1) is 10.8 Å². The van der Waals surface area contributed by atoms with Crippen molar-refractivity contribution in [2.45, 2.75) is 34.1 Å². The molecule has 1 heterocycles. The van der Waals surface area contributed by atoms with Gasteiger partial charge in [-0.05, 0) is 18.1 Å². The van der Waals surface area contributed by atoms with Gasteiger partial charge in [-0.3, -0.25) is 4.79 Å². The van der Waals surface area contributed by atoms with Crippen LogP contribution in [0.2, 0.25) is 0 Å². The minimum atomic E-state index is -0.179. The molecule has 0 aliphatic carbocycles. The third-order valence-corrected chi connectivity index (χ3v) is 2.26. The minimum Gasteiger partial charge on any atom is -0.355 e. The molecule has 0 aromatic heterocycles. The Labute approximate surface area is 86.9 Å². The largest absolute Gasteiger partial charge is 0.355 e. The monoisotopic (exact) mass is 203 g/mol. The van der Waals surface area contributed by atoms with Crippen molar-refractivity contribution in [2.75, 3.05) is 12.8 Å². The second-order valence-corrected chi connectivity index (χ2v) is 4.91. The summed E-state index contributed by atoms with van der Waals surface area (Å²) in [7, 11) is 0. The predicted molar refractivity (Wildman–Crippen MR) is 60.1 cm³/mol. The van der Waals surface area contributed by atoms with Crippen molar-refractivity contribution in [3.63, 3.8) is 0 Å². The highest BCUT2D eigenvalue weighted by Crippen LogP contribution is 2.36. The Balaban J connectivity index is 0.000000671. The molecule has 78 valence electrons. The summed E-state index contributed by atoms with van der Waals surface area (Å²) in [6.07, 6.45) is 2.67. The van der Waals surface area contributed by atoms with Crippen LogP contribution in [0.5, 0.6) is 0 Å². The lowest BCUT2D eigenvalue weighted by Gasteiger charge is -2.39. The third-order valence-electron chi connectivity index (χ3n) is 2.26. The van der Waals surface area contributed by atoms with Gasteiger partial charge in [-0.1, -0.05) is 27.7 Å². The highest BCUT2D eigenvalue weighted by atomic mass is 32.1. The lowest BCUT2D eigenvalue weighted by Crippen LogP contribution is -2.50. The summed E-state index contributed by atoms with van der Waals surface area (Å²) in [5, 5.41) is 2.92. The van der Waals surface area contributed by atoms with Gasteiger partial charge in [-0.15, -0.1) is 0 Å². The van der Waals surface area contributed by atoms with Gasteiger partial charge < -0.3 is 5.32 Å². The van der Waals surface area contributed by atoms with Crippen molar-refractivity contribution >= 4 is 18.5 Å². The fraction of sp³-hybridized carbons (Fsp3) is 0.900. The van der Waals surface area contributed by atoms with Gasteiger partial charge in [0.2, 0.25) is 5.91 Å². The molecule has 13 heavy (non-hydrogen) atoms. The summed E-state index contributed by atoms with van der Waals surface area (Å²) >= 11 is 3.53. The van der Waals surface area contributed by atoms with Gasteiger partial charge in [-0.2, -0.15) is 12.6 Å². The zero-order valence-electron chi connectivity index (χ0n) is 9.27. The Morgan fingerprint density at radius 3 is 2.00 bits per heavy atom. The number of rotatable bonds is 0. The normalized spacial score (nSPS) is 24.0. The molecule has 0 unspecified atom stereocenters. The molecule has 0 bridgehead atoms. The molecule has 0 aromatic rings. The van der Waals surface area contributed by atoms with Crippen LogP contribution >= 0.6 is 12.6 Å². The molecule has 3 heteroatoms. The predicted octanol–water partition coefficient (Wildman–Crippen LogP) is 2.10. The van der Waals surface area contributed by atoms with E-state index in [1.165, 1.54) is 0 Å². The number of piperidine rings is 1. The van der Waals surface area contributed by atoms with Gasteiger partial charge in [0.15, 0.2) is 0 Å². The number of carbonyl (C=O) groups excluding carboxylic acids is 1. The summed E-state index contributed by atoms with van der Waals surface area (Å²) in [4.78, 5) is 11.3. The van der Waals surface area contributed by atoms with E-state index in [-0.39, 0.29) is 16.7 Å². The molecule has 0 spiro atoms. The Hall–Kier alpha value is -0.180. The van der Waals surface area contributed by atoms with Crippen LogP contribution in [0.15, 0.2) is 0 Å². The van der Waals surface area contributed by atoms with Crippen molar-refractivity contribution in [2.24, 2.45) is 10.8 Å². The summed E-state index contributed by atoms with van der Waals surface area (Å²) < 4.78 is 0. The topological polar surface area (TPSA) is 29.1 Å². The van der Waals surface area contributed by atoms with Gasteiger partial charge in [-0.25, -0.2) is 0 Å². The van der Waals surface area contributed by atoms with Crippen molar-refractivity contribution in [1.82, 2.24) is 5.32 Å².